The Morgan fingerprint density at radius 2 is 1.87 bits per heavy atom. The predicted molar refractivity (Wildman–Crippen MR) is 113 cm³/mol. The van der Waals surface area contributed by atoms with Crippen LogP contribution in [-0.4, -0.2) is 65.9 Å². The van der Waals surface area contributed by atoms with Crippen LogP contribution in [0.15, 0.2) is 0 Å². The fraction of sp³-hybridized carbons (Fsp3) is 1.00. The third-order valence-electron chi connectivity index (χ3n) is 7.73. The van der Waals surface area contributed by atoms with Crippen LogP contribution < -0.4 is 16.0 Å². The molecule has 3 N–H and O–H groups in total. The van der Waals surface area contributed by atoms with E-state index < -0.39 is 24.4 Å². The van der Waals surface area contributed by atoms with E-state index in [2.05, 4.69) is 27.8 Å². The Hall–Kier alpha value is -0.0900. The maximum atomic E-state index is 15.5. The molecule has 174 valence electrons. The summed E-state index contributed by atoms with van der Waals surface area (Å²) in [7, 11) is 0. The van der Waals surface area contributed by atoms with Gasteiger partial charge in [-0.25, -0.2) is 4.39 Å². The molecule has 30 heavy (non-hydrogen) atoms. The fourth-order valence-corrected chi connectivity index (χ4v) is 7.22. The summed E-state index contributed by atoms with van der Waals surface area (Å²) in [6, 6.07) is 0.191. The zero-order valence-corrected chi connectivity index (χ0v) is 18.6. The van der Waals surface area contributed by atoms with Crippen LogP contribution in [-0.2, 0) is 0 Å². The summed E-state index contributed by atoms with van der Waals surface area (Å²) in [5.41, 5.74) is 0. The number of rotatable bonds is 5. The second kappa shape index (κ2) is 9.41. The lowest BCUT2D eigenvalue weighted by atomic mass is 9.77. The number of likely N-dealkylation sites (tertiary alicyclic amines) is 1. The van der Waals surface area contributed by atoms with Gasteiger partial charge < -0.3 is 0 Å². The van der Waals surface area contributed by atoms with E-state index in [1.54, 1.807) is 0 Å². The SMILES string of the molecule is CC1(CNC2NCNC(N3CCC[C@@H]3C3CCC(C(F)(F)F)CC3)C2F)CCCS1. The van der Waals surface area contributed by atoms with Crippen LogP contribution >= 0.6 is 11.8 Å². The molecule has 4 rings (SSSR count). The molecule has 4 fully saturated rings. The van der Waals surface area contributed by atoms with Gasteiger partial charge in [0.15, 0.2) is 6.17 Å². The monoisotopic (exact) mass is 452 g/mol. The number of hydrogen-bond acceptors (Lipinski definition) is 5. The number of hydrogen-bond donors (Lipinski definition) is 3. The Morgan fingerprint density at radius 1 is 1.10 bits per heavy atom. The van der Waals surface area contributed by atoms with Crippen molar-refractivity contribution in [3.05, 3.63) is 0 Å². The first kappa shape index (κ1) is 23.1. The third-order valence-corrected chi connectivity index (χ3v) is 9.27. The van der Waals surface area contributed by atoms with E-state index in [-0.39, 0.29) is 35.7 Å². The second-order valence-corrected chi connectivity index (χ2v) is 11.5. The molecule has 0 spiro atoms. The van der Waals surface area contributed by atoms with Gasteiger partial charge in [-0.15, -0.1) is 0 Å². The van der Waals surface area contributed by atoms with Crippen molar-refractivity contribution in [3.8, 4) is 0 Å². The van der Waals surface area contributed by atoms with Crippen molar-refractivity contribution in [1.29, 1.82) is 0 Å². The minimum Gasteiger partial charge on any atom is -0.298 e. The molecule has 0 amide bonds. The molecule has 4 unspecified atom stereocenters. The molecule has 0 aromatic heterocycles. The first-order valence-corrected chi connectivity index (χ1v) is 12.6. The molecule has 0 bridgehead atoms. The maximum absolute atomic E-state index is 15.5. The van der Waals surface area contributed by atoms with E-state index in [0.29, 0.717) is 19.5 Å². The number of nitrogens with zero attached hydrogens (tertiary/aromatic N) is 1. The lowest BCUT2D eigenvalue weighted by Gasteiger charge is -2.45. The maximum Gasteiger partial charge on any atom is 0.391 e. The zero-order valence-electron chi connectivity index (χ0n) is 17.8. The molecule has 4 aliphatic rings. The van der Waals surface area contributed by atoms with Gasteiger partial charge in [0, 0.05) is 30.5 Å². The molecule has 0 aromatic carbocycles. The Morgan fingerprint density at radius 3 is 2.53 bits per heavy atom. The van der Waals surface area contributed by atoms with Crippen molar-refractivity contribution >= 4 is 11.8 Å². The van der Waals surface area contributed by atoms with Gasteiger partial charge in [-0.3, -0.25) is 20.9 Å². The van der Waals surface area contributed by atoms with E-state index in [0.717, 1.165) is 32.4 Å². The lowest BCUT2D eigenvalue weighted by Crippen LogP contribution is -2.70. The Balaban J connectivity index is 1.34. The molecule has 0 aromatic rings. The number of nitrogens with one attached hydrogen (secondary N) is 3. The van der Waals surface area contributed by atoms with Gasteiger partial charge >= 0.3 is 6.18 Å². The molecule has 0 radical (unpaired) electrons. The Labute approximate surface area is 181 Å². The summed E-state index contributed by atoms with van der Waals surface area (Å²) < 4.78 is 54.8. The van der Waals surface area contributed by atoms with Gasteiger partial charge in [-0.2, -0.15) is 24.9 Å². The van der Waals surface area contributed by atoms with Gasteiger partial charge in [-0.1, -0.05) is 0 Å². The zero-order chi connectivity index (χ0) is 21.4. The van der Waals surface area contributed by atoms with Crippen LogP contribution in [0.5, 0.6) is 0 Å². The number of halogens is 4. The van der Waals surface area contributed by atoms with E-state index in [1.165, 1.54) is 12.2 Å². The second-order valence-electron chi connectivity index (χ2n) is 9.84. The van der Waals surface area contributed by atoms with Gasteiger partial charge in [0.2, 0.25) is 0 Å². The van der Waals surface area contributed by atoms with Crippen LogP contribution in [0, 0.1) is 11.8 Å². The van der Waals surface area contributed by atoms with Crippen LogP contribution in [0.1, 0.15) is 58.3 Å². The molecular weight excluding hydrogens is 416 g/mol. The smallest absolute Gasteiger partial charge is 0.298 e. The van der Waals surface area contributed by atoms with Gasteiger partial charge in [0.1, 0.15) is 0 Å². The molecular formula is C21H36F4N4S. The number of alkyl halides is 4. The predicted octanol–water partition coefficient (Wildman–Crippen LogP) is 3.84. The largest absolute Gasteiger partial charge is 0.391 e. The van der Waals surface area contributed by atoms with Gasteiger partial charge in [0.05, 0.1) is 18.2 Å². The standard InChI is InChI=1S/C21H36F4N4S/c1-20(9-3-11-30-20)12-26-18-17(22)19(28-13-27-18)29-10-2-4-16(29)14-5-7-15(8-6-14)21(23,24)25/h14-19,26-28H,2-13H2,1H3/t14?,15?,16-,17?,18?,19?,20?/m1/s1. The van der Waals surface area contributed by atoms with Crippen molar-refractivity contribution < 1.29 is 17.6 Å². The molecule has 1 saturated carbocycles. The highest BCUT2D eigenvalue weighted by molar-refractivity contribution is 8.00. The minimum atomic E-state index is -4.08. The first-order valence-electron chi connectivity index (χ1n) is 11.6. The van der Waals surface area contributed by atoms with E-state index >= 15 is 4.39 Å². The van der Waals surface area contributed by atoms with Crippen molar-refractivity contribution in [2.45, 2.75) is 93.8 Å². The van der Waals surface area contributed by atoms with E-state index in [1.807, 2.05) is 11.8 Å². The summed E-state index contributed by atoms with van der Waals surface area (Å²) >= 11 is 1.96. The summed E-state index contributed by atoms with van der Waals surface area (Å²) in [5.74, 6) is 0.263. The van der Waals surface area contributed by atoms with Gasteiger partial charge in [0.25, 0.3) is 0 Å². The van der Waals surface area contributed by atoms with Crippen LogP contribution in [0.3, 0.4) is 0 Å². The summed E-state index contributed by atoms with van der Waals surface area (Å²) in [4.78, 5) is 2.23. The molecule has 9 heteroatoms. The minimum absolute atomic E-state index is 0.176. The van der Waals surface area contributed by atoms with E-state index in [9.17, 15) is 13.2 Å². The summed E-state index contributed by atoms with van der Waals surface area (Å²) in [5, 5.41) is 9.94. The fourth-order valence-electron chi connectivity index (χ4n) is 5.97. The first-order chi connectivity index (χ1) is 14.3. The molecule has 3 saturated heterocycles. The average Bonchev–Trinajstić information content (AvgIpc) is 3.36. The van der Waals surface area contributed by atoms with Gasteiger partial charge in [-0.05, 0) is 70.0 Å². The normalized spacial score (nSPS) is 43.9. The molecule has 3 heterocycles. The highest BCUT2D eigenvalue weighted by Crippen LogP contribution is 2.43. The van der Waals surface area contributed by atoms with E-state index in [4.69, 9.17) is 0 Å². The van der Waals surface area contributed by atoms with Crippen LogP contribution in [0.25, 0.3) is 0 Å². The molecule has 5 atom stereocenters. The molecule has 1 aliphatic carbocycles. The third kappa shape index (κ3) is 5.11. The van der Waals surface area contributed by atoms with Crippen LogP contribution in [0.4, 0.5) is 17.6 Å². The van der Waals surface area contributed by atoms with Crippen molar-refractivity contribution in [2.24, 2.45) is 11.8 Å². The molecule has 4 nitrogen and oxygen atoms in total. The van der Waals surface area contributed by atoms with Crippen LogP contribution in [0.2, 0.25) is 0 Å². The van der Waals surface area contributed by atoms with Crippen molar-refractivity contribution in [3.63, 3.8) is 0 Å². The Kier molecular flexibility index (Phi) is 7.24. The lowest BCUT2D eigenvalue weighted by molar-refractivity contribution is -0.185. The summed E-state index contributed by atoms with van der Waals surface area (Å²) in [6.45, 7) is 4.39. The molecule has 3 aliphatic heterocycles. The van der Waals surface area contributed by atoms with Crippen molar-refractivity contribution in [1.82, 2.24) is 20.9 Å². The number of thioether (sulfide) groups is 1. The summed E-state index contributed by atoms with van der Waals surface area (Å²) in [6.07, 6.45) is 0.0407. The Bertz CT molecular complexity index is 564. The average molecular weight is 453 g/mol. The highest BCUT2D eigenvalue weighted by Gasteiger charge is 2.47. The quantitative estimate of drug-likeness (QED) is 0.553. The topological polar surface area (TPSA) is 39.3 Å². The highest BCUT2D eigenvalue weighted by atomic mass is 32.2. The van der Waals surface area contributed by atoms with Crippen molar-refractivity contribution in [2.75, 3.05) is 25.5 Å².